The first-order valence-electron chi connectivity index (χ1n) is 11.6. The third-order valence-corrected chi connectivity index (χ3v) is 7.62. The molecule has 1 saturated heterocycles. The molecule has 176 valence electrons. The smallest absolute Gasteiger partial charge is 0.234 e. The van der Waals surface area contributed by atoms with Crippen molar-refractivity contribution in [3.63, 3.8) is 0 Å². The number of halogens is 1. The molecule has 2 fully saturated rings. The van der Waals surface area contributed by atoms with Gasteiger partial charge in [-0.3, -0.25) is 14.2 Å². The fourth-order valence-electron chi connectivity index (χ4n) is 4.73. The van der Waals surface area contributed by atoms with Gasteiger partial charge in [0.05, 0.1) is 22.2 Å². The molecule has 2 amide bonds. The predicted molar refractivity (Wildman–Crippen MR) is 135 cm³/mol. The molecule has 3 aromatic rings. The molecule has 1 aliphatic heterocycles. The van der Waals surface area contributed by atoms with Crippen LogP contribution in [0.5, 0.6) is 0 Å². The van der Waals surface area contributed by atoms with E-state index in [1.807, 2.05) is 48.5 Å². The number of amides is 2. The maximum atomic E-state index is 12.9. The number of benzene rings is 2. The van der Waals surface area contributed by atoms with Crippen LogP contribution in [0.15, 0.2) is 53.7 Å². The molecule has 0 atom stereocenters. The lowest BCUT2D eigenvalue weighted by atomic mass is 10.2. The molecule has 7 nitrogen and oxygen atoms in total. The van der Waals surface area contributed by atoms with Crippen molar-refractivity contribution in [1.29, 1.82) is 0 Å². The monoisotopic (exact) mass is 495 g/mol. The molecule has 0 bridgehead atoms. The van der Waals surface area contributed by atoms with Crippen LogP contribution in [0, 0.1) is 0 Å². The molecule has 2 aliphatic rings. The van der Waals surface area contributed by atoms with Crippen molar-refractivity contribution in [2.45, 2.75) is 49.7 Å². The average Bonchev–Trinajstić information content (AvgIpc) is 3.59. The van der Waals surface area contributed by atoms with E-state index in [1.165, 1.54) is 24.6 Å². The topological polar surface area (TPSA) is 80.1 Å². The largest absolute Gasteiger partial charge is 0.324 e. The summed E-state index contributed by atoms with van der Waals surface area (Å²) in [6.07, 6.45) is 5.84. The highest BCUT2D eigenvalue weighted by Crippen LogP contribution is 2.38. The SMILES string of the molecule is O=C(CSc1nnc(-c2ccccc2Cl)n1C1CCCC1)Nc1ccccc1N1CCCC1=O. The number of nitrogens with one attached hydrogen (secondary N) is 1. The Morgan fingerprint density at radius 3 is 2.59 bits per heavy atom. The molecule has 2 heterocycles. The molecule has 9 heteroatoms. The summed E-state index contributed by atoms with van der Waals surface area (Å²) in [7, 11) is 0. The van der Waals surface area contributed by atoms with Gasteiger partial charge in [-0.2, -0.15) is 0 Å². The van der Waals surface area contributed by atoms with Crippen LogP contribution in [0.4, 0.5) is 11.4 Å². The Morgan fingerprint density at radius 1 is 1.06 bits per heavy atom. The second-order valence-electron chi connectivity index (χ2n) is 8.60. The molecule has 1 saturated carbocycles. The van der Waals surface area contributed by atoms with Crippen molar-refractivity contribution in [3.8, 4) is 11.4 Å². The van der Waals surface area contributed by atoms with Gasteiger partial charge >= 0.3 is 0 Å². The van der Waals surface area contributed by atoms with Gasteiger partial charge in [-0.15, -0.1) is 10.2 Å². The van der Waals surface area contributed by atoms with Crippen LogP contribution in [-0.4, -0.2) is 38.9 Å². The highest BCUT2D eigenvalue weighted by Gasteiger charge is 2.27. The first-order chi connectivity index (χ1) is 16.6. The van der Waals surface area contributed by atoms with Gasteiger partial charge in [0.25, 0.3) is 0 Å². The summed E-state index contributed by atoms with van der Waals surface area (Å²) < 4.78 is 2.16. The molecule has 1 aromatic heterocycles. The molecular weight excluding hydrogens is 470 g/mol. The third-order valence-electron chi connectivity index (χ3n) is 6.34. The zero-order valence-corrected chi connectivity index (χ0v) is 20.3. The minimum Gasteiger partial charge on any atom is -0.324 e. The number of hydrogen-bond donors (Lipinski definition) is 1. The van der Waals surface area contributed by atoms with Crippen molar-refractivity contribution < 1.29 is 9.59 Å². The summed E-state index contributed by atoms with van der Waals surface area (Å²) in [5.41, 5.74) is 2.25. The lowest BCUT2D eigenvalue weighted by Gasteiger charge is -2.20. The van der Waals surface area contributed by atoms with Gasteiger partial charge < -0.3 is 10.2 Å². The summed E-state index contributed by atoms with van der Waals surface area (Å²) in [5.74, 6) is 0.880. The number of anilines is 2. The average molecular weight is 496 g/mol. The number of rotatable bonds is 7. The fourth-order valence-corrected chi connectivity index (χ4v) is 5.75. The highest BCUT2D eigenvalue weighted by atomic mass is 35.5. The zero-order valence-electron chi connectivity index (χ0n) is 18.7. The van der Waals surface area contributed by atoms with Crippen LogP contribution in [0.3, 0.4) is 0 Å². The molecule has 1 aliphatic carbocycles. The Morgan fingerprint density at radius 2 is 1.82 bits per heavy atom. The van der Waals surface area contributed by atoms with Crippen LogP contribution < -0.4 is 10.2 Å². The van der Waals surface area contributed by atoms with Gasteiger partial charge in [0.15, 0.2) is 11.0 Å². The number of para-hydroxylation sites is 2. The molecule has 1 N–H and O–H groups in total. The molecular formula is C25H26ClN5O2S. The number of nitrogens with zero attached hydrogens (tertiary/aromatic N) is 4. The van der Waals surface area contributed by atoms with Crippen LogP contribution >= 0.6 is 23.4 Å². The Kier molecular flexibility index (Phi) is 6.87. The summed E-state index contributed by atoms with van der Waals surface area (Å²) >= 11 is 7.84. The van der Waals surface area contributed by atoms with Gasteiger partial charge in [-0.1, -0.05) is 60.5 Å². The zero-order chi connectivity index (χ0) is 23.5. The van der Waals surface area contributed by atoms with E-state index in [9.17, 15) is 9.59 Å². The molecule has 0 unspecified atom stereocenters. The van der Waals surface area contributed by atoms with Crippen molar-refractivity contribution >= 4 is 46.6 Å². The number of aromatic nitrogens is 3. The first-order valence-corrected chi connectivity index (χ1v) is 13.0. The van der Waals surface area contributed by atoms with Gasteiger partial charge in [0.1, 0.15) is 0 Å². The number of carbonyl (C=O) groups is 2. The van der Waals surface area contributed by atoms with Crippen molar-refractivity contribution in [1.82, 2.24) is 14.8 Å². The van der Waals surface area contributed by atoms with E-state index in [2.05, 4.69) is 20.1 Å². The van der Waals surface area contributed by atoms with Crippen LogP contribution in [0.25, 0.3) is 11.4 Å². The Labute approximate surface area is 207 Å². The van der Waals surface area contributed by atoms with Gasteiger partial charge in [0.2, 0.25) is 11.8 Å². The van der Waals surface area contributed by atoms with E-state index < -0.39 is 0 Å². The summed E-state index contributed by atoms with van der Waals surface area (Å²) in [5, 5.41) is 13.2. The Bertz CT molecular complexity index is 1210. The molecule has 34 heavy (non-hydrogen) atoms. The van der Waals surface area contributed by atoms with Gasteiger partial charge in [-0.05, 0) is 43.5 Å². The van der Waals surface area contributed by atoms with Gasteiger partial charge in [-0.25, -0.2) is 0 Å². The standard InChI is InChI=1S/C25H26ClN5O2S/c26-19-11-4-3-10-18(19)24-28-29-25(31(24)17-8-1-2-9-17)34-16-22(32)27-20-12-5-6-13-21(20)30-15-7-14-23(30)33/h3-6,10-13,17H,1-2,7-9,14-16H2,(H,27,32). The van der Waals surface area contributed by atoms with Crippen LogP contribution in [0.1, 0.15) is 44.6 Å². The van der Waals surface area contributed by atoms with Crippen molar-refractivity contribution in [2.24, 2.45) is 0 Å². The highest BCUT2D eigenvalue weighted by molar-refractivity contribution is 7.99. The second-order valence-corrected chi connectivity index (χ2v) is 9.95. The van der Waals surface area contributed by atoms with E-state index in [0.717, 1.165) is 41.5 Å². The molecule has 5 rings (SSSR count). The van der Waals surface area contributed by atoms with Crippen molar-refractivity contribution in [2.75, 3.05) is 22.5 Å². The lowest BCUT2D eigenvalue weighted by Crippen LogP contribution is -2.26. The van der Waals surface area contributed by atoms with Crippen molar-refractivity contribution in [3.05, 3.63) is 53.6 Å². The molecule has 0 spiro atoms. The third kappa shape index (κ3) is 4.70. The molecule has 0 radical (unpaired) electrons. The van der Waals surface area contributed by atoms with E-state index in [-0.39, 0.29) is 17.6 Å². The lowest BCUT2D eigenvalue weighted by molar-refractivity contribution is -0.117. The normalized spacial score (nSPS) is 16.4. The van der Waals surface area contributed by atoms with Gasteiger partial charge in [0, 0.05) is 24.6 Å². The maximum Gasteiger partial charge on any atom is 0.234 e. The number of carbonyl (C=O) groups excluding carboxylic acids is 2. The van der Waals surface area contributed by atoms with E-state index >= 15 is 0 Å². The minimum atomic E-state index is -0.149. The van der Waals surface area contributed by atoms with Crippen LogP contribution in [0.2, 0.25) is 5.02 Å². The molecule has 2 aromatic carbocycles. The number of hydrogen-bond acceptors (Lipinski definition) is 5. The van der Waals surface area contributed by atoms with E-state index in [1.54, 1.807) is 4.90 Å². The summed E-state index contributed by atoms with van der Waals surface area (Å²) in [4.78, 5) is 26.8. The number of thioether (sulfide) groups is 1. The minimum absolute atomic E-state index is 0.0906. The second kappa shape index (κ2) is 10.2. The Hall–Kier alpha value is -2.84. The Balaban J connectivity index is 1.34. The summed E-state index contributed by atoms with van der Waals surface area (Å²) in [6.45, 7) is 0.676. The first kappa shape index (κ1) is 22.9. The fraction of sp³-hybridized carbons (Fsp3) is 0.360. The van der Waals surface area contributed by atoms with Crippen LogP contribution in [-0.2, 0) is 9.59 Å². The van der Waals surface area contributed by atoms with E-state index in [4.69, 9.17) is 11.6 Å². The summed E-state index contributed by atoms with van der Waals surface area (Å²) in [6, 6.07) is 15.4. The van der Waals surface area contributed by atoms with E-state index in [0.29, 0.717) is 29.7 Å². The predicted octanol–water partition coefficient (Wildman–Crippen LogP) is 5.57. The quantitative estimate of drug-likeness (QED) is 0.433. The maximum absolute atomic E-state index is 12.9.